The van der Waals surface area contributed by atoms with Crippen LogP contribution >= 0.6 is 0 Å². The summed E-state index contributed by atoms with van der Waals surface area (Å²) in [4.78, 5) is 23.4. The Morgan fingerprint density at radius 3 is 2.59 bits per heavy atom. The first-order valence-corrected chi connectivity index (χ1v) is 9.81. The van der Waals surface area contributed by atoms with Crippen LogP contribution < -0.4 is 11.1 Å². The summed E-state index contributed by atoms with van der Waals surface area (Å²) >= 11 is 0. The van der Waals surface area contributed by atoms with Gasteiger partial charge in [0, 0.05) is 32.7 Å². The van der Waals surface area contributed by atoms with E-state index >= 15 is 0 Å². The topological polar surface area (TPSA) is 111 Å². The summed E-state index contributed by atoms with van der Waals surface area (Å²) in [5.74, 6) is -0.567. The van der Waals surface area contributed by atoms with Crippen LogP contribution in [0.1, 0.15) is 27.7 Å². The van der Waals surface area contributed by atoms with Crippen LogP contribution in [0.3, 0.4) is 0 Å². The van der Waals surface area contributed by atoms with Crippen molar-refractivity contribution in [3.8, 4) is 0 Å². The summed E-state index contributed by atoms with van der Waals surface area (Å²) in [5.41, 5.74) is 0.0510. The number of aryl methyl sites for hydroxylation is 1. The SMILES string of the molecule is C[C@H](CN(C)S(=O)(=O)c1ccc2c(c1)oc(=O)n2C)NC(=O)OC(C)(C)C. The Balaban J connectivity index is 2.14. The highest BCUT2D eigenvalue weighted by Crippen LogP contribution is 2.20. The number of fused-ring (bicyclic) bond motifs is 1. The van der Waals surface area contributed by atoms with E-state index in [0.717, 1.165) is 4.31 Å². The van der Waals surface area contributed by atoms with Crippen LogP contribution in [0.5, 0.6) is 0 Å². The molecule has 0 saturated heterocycles. The molecular formula is C17H25N3O6S. The largest absolute Gasteiger partial charge is 0.444 e. The van der Waals surface area contributed by atoms with Gasteiger partial charge in [-0.25, -0.2) is 18.0 Å². The van der Waals surface area contributed by atoms with Gasteiger partial charge in [0.15, 0.2) is 5.58 Å². The Morgan fingerprint density at radius 2 is 2.00 bits per heavy atom. The zero-order chi connectivity index (χ0) is 20.6. The number of nitrogens with one attached hydrogen (secondary N) is 1. The second-order valence-electron chi connectivity index (χ2n) is 7.39. The number of carbonyl (C=O) groups excluding carboxylic acids is 1. The van der Waals surface area contributed by atoms with Gasteiger partial charge in [0.2, 0.25) is 10.0 Å². The third-order valence-corrected chi connectivity index (χ3v) is 5.59. The number of ether oxygens (including phenoxy) is 1. The summed E-state index contributed by atoms with van der Waals surface area (Å²) in [6.07, 6.45) is -0.617. The van der Waals surface area contributed by atoms with Crippen LogP contribution in [-0.4, -0.2) is 48.6 Å². The summed E-state index contributed by atoms with van der Waals surface area (Å²) in [6, 6.07) is 3.77. The van der Waals surface area contributed by atoms with E-state index in [1.807, 2.05) is 0 Å². The maximum atomic E-state index is 12.8. The van der Waals surface area contributed by atoms with Crippen molar-refractivity contribution in [1.29, 1.82) is 0 Å². The van der Waals surface area contributed by atoms with E-state index in [2.05, 4.69) is 5.32 Å². The molecule has 0 saturated carbocycles. The van der Waals surface area contributed by atoms with E-state index in [1.165, 1.54) is 29.8 Å². The minimum Gasteiger partial charge on any atom is -0.444 e. The minimum atomic E-state index is -3.83. The third kappa shape index (κ3) is 4.89. The third-order valence-electron chi connectivity index (χ3n) is 3.77. The predicted molar refractivity (Wildman–Crippen MR) is 100 cm³/mol. The van der Waals surface area contributed by atoms with Gasteiger partial charge < -0.3 is 14.5 Å². The average Bonchev–Trinajstić information content (AvgIpc) is 2.79. The van der Waals surface area contributed by atoms with Crippen molar-refractivity contribution in [2.45, 2.75) is 44.2 Å². The molecule has 1 heterocycles. The first-order chi connectivity index (χ1) is 12.3. The van der Waals surface area contributed by atoms with E-state index in [1.54, 1.807) is 34.7 Å². The molecule has 1 aromatic heterocycles. The Kier molecular flexibility index (Phi) is 5.71. The second-order valence-corrected chi connectivity index (χ2v) is 9.43. The lowest BCUT2D eigenvalue weighted by atomic mass is 10.2. The summed E-state index contributed by atoms with van der Waals surface area (Å²) in [7, 11) is -0.879. The molecule has 1 atom stereocenters. The maximum absolute atomic E-state index is 12.8. The Labute approximate surface area is 157 Å². The molecular weight excluding hydrogens is 374 g/mol. The Bertz CT molecular complexity index is 1000. The van der Waals surface area contributed by atoms with Crippen molar-refractivity contribution >= 4 is 27.2 Å². The van der Waals surface area contributed by atoms with E-state index in [9.17, 15) is 18.0 Å². The summed E-state index contributed by atoms with van der Waals surface area (Å²) in [6.45, 7) is 6.94. The number of alkyl carbamates (subject to hydrolysis) is 1. The van der Waals surface area contributed by atoms with Gasteiger partial charge in [-0.15, -0.1) is 0 Å². The fourth-order valence-corrected chi connectivity index (χ4v) is 3.77. The number of nitrogens with zero attached hydrogens (tertiary/aromatic N) is 2. The van der Waals surface area contributed by atoms with Crippen LogP contribution in [0.25, 0.3) is 11.1 Å². The van der Waals surface area contributed by atoms with E-state index in [4.69, 9.17) is 9.15 Å². The Morgan fingerprint density at radius 1 is 1.37 bits per heavy atom. The predicted octanol–water partition coefficient (Wildman–Crippen LogP) is 1.67. The molecule has 0 aliphatic rings. The number of hydrogen-bond donors (Lipinski definition) is 1. The fraction of sp³-hybridized carbons (Fsp3) is 0.529. The van der Waals surface area contributed by atoms with Crippen molar-refractivity contribution < 1.29 is 22.4 Å². The zero-order valence-electron chi connectivity index (χ0n) is 16.3. The number of aromatic nitrogens is 1. The van der Waals surface area contributed by atoms with Gasteiger partial charge in [-0.3, -0.25) is 4.57 Å². The highest BCUT2D eigenvalue weighted by atomic mass is 32.2. The number of oxazole rings is 1. The molecule has 0 aliphatic heterocycles. The number of hydrogen-bond acceptors (Lipinski definition) is 6. The van der Waals surface area contributed by atoms with Gasteiger partial charge in [0.05, 0.1) is 10.4 Å². The lowest BCUT2D eigenvalue weighted by molar-refractivity contribution is 0.0504. The summed E-state index contributed by atoms with van der Waals surface area (Å²) < 4.78 is 38.2. The number of amides is 1. The fourth-order valence-electron chi connectivity index (χ4n) is 2.49. The zero-order valence-corrected chi connectivity index (χ0v) is 17.1. The molecule has 1 amide bonds. The first-order valence-electron chi connectivity index (χ1n) is 8.36. The quantitative estimate of drug-likeness (QED) is 0.819. The number of likely N-dealkylation sites (N-methyl/N-ethyl adjacent to an activating group) is 1. The van der Waals surface area contributed by atoms with Gasteiger partial charge in [0.1, 0.15) is 5.60 Å². The second kappa shape index (κ2) is 7.35. The van der Waals surface area contributed by atoms with Crippen molar-refractivity contribution in [1.82, 2.24) is 14.2 Å². The molecule has 2 aromatic rings. The number of rotatable bonds is 5. The lowest BCUT2D eigenvalue weighted by Crippen LogP contribution is -2.44. The van der Waals surface area contributed by atoms with Gasteiger partial charge in [-0.05, 0) is 39.8 Å². The van der Waals surface area contributed by atoms with Crippen LogP contribution in [0.2, 0.25) is 0 Å². The van der Waals surface area contributed by atoms with Gasteiger partial charge in [0.25, 0.3) is 0 Å². The highest BCUT2D eigenvalue weighted by Gasteiger charge is 2.25. The van der Waals surface area contributed by atoms with Crippen molar-refractivity contribution in [3.05, 3.63) is 28.7 Å². The van der Waals surface area contributed by atoms with E-state index < -0.39 is 33.5 Å². The maximum Gasteiger partial charge on any atom is 0.419 e. The monoisotopic (exact) mass is 399 g/mol. The number of carbonyl (C=O) groups is 1. The lowest BCUT2D eigenvalue weighted by Gasteiger charge is -2.24. The molecule has 0 unspecified atom stereocenters. The normalized spacial score (nSPS) is 13.7. The molecule has 0 bridgehead atoms. The highest BCUT2D eigenvalue weighted by molar-refractivity contribution is 7.89. The van der Waals surface area contributed by atoms with E-state index in [0.29, 0.717) is 5.52 Å². The Hall–Kier alpha value is -2.33. The van der Waals surface area contributed by atoms with Gasteiger partial charge >= 0.3 is 11.8 Å². The van der Waals surface area contributed by atoms with Crippen LogP contribution in [0.4, 0.5) is 4.79 Å². The molecule has 0 aliphatic carbocycles. The minimum absolute atomic E-state index is 0.00341. The van der Waals surface area contributed by atoms with Crippen molar-refractivity contribution in [2.24, 2.45) is 7.05 Å². The van der Waals surface area contributed by atoms with Crippen LogP contribution in [0.15, 0.2) is 32.3 Å². The molecule has 10 heteroatoms. The molecule has 0 spiro atoms. The molecule has 150 valence electrons. The number of benzene rings is 1. The van der Waals surface area contributed by atoms with Gasteiger partial charge in [-0.1, -0.05) is 0 Å². The van der Waals surface area contributed by atoms with Crippen molar-refractivity contribution in [2.75, 3.05) is 13.6 Å². The average molecular weight is 399 g/mol. The molecule has 0 radical (unpaired) electrons. The van der Waals surface area contributed by atoms with Crippen LogP contribution in [0, 0.1) is 0 Å². The van der Waals surface area contributed by atoms with Crippen molar-refractivity contribution in [3.63, 3.8) is 0 Å². The van der Waals surface area contributed by atoms with E-state index in [-0.39, 0.29) is 17.0 Å². The van der Waals surface area contributed by atoms with Gasteiger partial charge in [-0.2, -0.15) is 4.31 Å². The smallest absolute Gasteiger partial charge is 0.419 e. The summed E-state index contributed by atoms with van der Waals surface area (Å²) in [5, 5.41) is 2.60. The first kappa shape index (κ1) is 21.0. The molecule has 9 nitrogen and oxygen atoms in total. The molecule has 2 rings (SSSR count). The molecule has 0 fully saturated rings. The molecule has 1 aromatic carbocycles. The molecule has 27 heavy (non-hydrogen) atoms. The number of sulfonamides is 1. The standard InChI is InChI=1S/C17H25N3O6S/c1-11(18-15(21)26-17(2,3)4)10-19(5)27(23,24)12-7-8-13-14(9-12)25-16(22)20(13)6/h7-9,11H,10H2,1-6H3,(H,18,21)/t11-/m1/s1. The molecule has 1 N–H and O–H groups in total. The van der Waals surface area contributed by atoms with Crippen LogP contribution in [-0.2, 0) is 21.8 Å².